The molecule has 0 heterocycles. The van der Waals surface area contributed by atoms with Crippen molar-refractivity contribution in [2.45, 2.75) is 13.3 Å². The van der Waals surface area contributed by atoms with Crippen LogP contribution in [0.4, 0.5) is 0 Å². The van der Waals surface area contributed by atoms with Gasteiger partial charge in [0.15, 0.2) is 11.1 Å². The van der Waals surface area contributed by atoms with Gasteiger partial charge in [0.25, 0.3) is 0 Å². The smallest absolute Gasteiger partial charge is 0.170 e. The molecule has 0 fully saturated rings. The van der Waals surface area contributed by atoms with Crippen LogP contribution in [0.2, 0.25) is 0 Å². The Balaban J connectivity index is 2.99. The Morgan fingerprint density at radius 3 is 2.75 bits per heavy atom. The number of rotatable bonds is 4. The number of hydrogen-bond donors (Lipinski definition) is 0. The van der Waals surface area contributed by atoms with Crippen molar-refractivity contribution >= 4 is 22.7 Å². The standard InChI is InChI=1S/C4H9ClO2S/c1-2-3-7-8(6)4-5/h2-4H2,1H3. The lowest BCUT2D eigenvalue weighted by atomic mass is 10.5. The van der Waals surface area contributed by atoms with Crippen molar-refractivity contribution in [2.24, 2.45) is 0 Å². The second kappa shape index (κ2) is 5.54. The van der Waals surface area contributed by atoms with E-state index in [1.165, 1.54) is 0 Å². The van der Waals surface area contributed by atoms with Crippen molar-refractivity contribution in [3.8, 4) is 0 Å². The zero-order chi connectivity index (χ0) is 6.41. The third kappa shape index (κ3) is 4.56. The number of halogens is 1. The summed E-state index contributed by atoms with van der Waals surface area (Å²) in [6.45, 7) is 2.48. The molecule has 2 nitrogen and oxygen atoms in total. The average Bonchev–Trinajstić information content (AvgIpc) is 1.83. The minimum absolute atomic E-state index is 0.0694. The summed E-state index contributed by atoms with van der Waals surface area (Å²) in [5.74, 6) is 0. The predicted octanol–water partition coefficient (Wildman–Crippen LogP) is 1.27. The van der Waals surface area contributed by atoms with E-state index in [1.54, 1.807) is 0 Å². The van der Waals surface area contributed by atoms with Gasteiger partial charge in [-0.15, -0.1) is 11.6 Å². The number of hydrogen-bond acceptors (Lipinski definition) is 2. The lowest BCUT2D eigenvalue weighted by Crippen LogP contribution is -1.97. The van der Waals surface area contributed by atoms with Crippen LogP contribution < -0.4 is 0 Å². The van der Waals surface area contributed by atoms with E-state index in [4.69, 9.17) is 11.6 Å². The summed E-state index contributed by atoms with van der Waals surface area (Å²) in [5.41, 5.74) is 0. The van der Waals surface area contributed by atoms with Crippen LogP contribution in [0.3, 0.4) is 0 Å². The summed E-state index contributed by atoms with van der Waals surface area (Å²) < 4.78 is 15.0. The second-order valence-corrected chi connectivity index (χ2v) is 2.95. The molecule has 4 heteroatoms. The Hall–Kier alpha value is 0.400. The van der Waals surface area contributed by atoms with Gasteiger partial charge in [0, 0.05) is 0 Å². The van der Waals surface area contributed by atoms with Crippen LogP contribution in [-0.4, -0.2) is 16.0 Å². The van der Waals surface area contributed by atoms with Gasteiger partial charge < -0.3 is 0 Å². The second-order valence-electron chi connectivity index (χ2n) is 1.23. The predicted molar refractivity (Wildman–Crippen MR) is 35.1 cm³/mol. The van der Waals surface area contributed by atoms with Gasteiger partial charge in [-0.2, -0.15) is 0 Å². The Bertz CT molecular complexity index is 76.4. The zero-order valence-electron chi connectivity index (χ0n) is 4.72. The lowest BCUT2D eigenvalue weighted by Gasteiger charge is -1.94. The molecule has 8 heavy (non-hydrogen) atoms. The highest BCUT2D eigenvalue weighted by Crippen LogP contribution is 1.89. The van der Waals surface area contributed by atoms with Gasteiger partial charge in [0.1, 0.15) is 5.21 Å². The third-order valence-corrected chi connectivity index (χ3v) is 1.65. The zero-order valence-corrected chi connectivity index (χ0v) is 6.30. The van der Waals surface area contributed by atoms with E-state index in [1.807, 2.05) is 6.92 Å². The molecule has 1 atom stereocenters. The Labute approximate surface area is 56.8 Å². The van der Waals surface area contributed by atoms with Gasteiger partial charge in [-0.25, -0.2) is 4.21 Å². The van der Waals surface area contributed by atoms with Crippen LogP contribution in [0.5, 0.6) is 0 Å². The maximum absolute atomic E-state index is 10.3. The van der Waals surface area contributed by atoms with E-state index in [0.717, 1.165) is 6.42 Å². The SMILES string of the molecule is CCCOS(=O)CCl. The highest BCUT2D eigenvalue weighted by atomic mass is 35.5. The molecule has 0 amide bonds. The van der Waals surface area contributed by atoms with Gasteiger partial charge in [0.05, 0.1) is 6.61 Å². The maximum Gasteiger partial charge on any atom is 0.170 e. The minimum atomic E-state index is -1.26. The first kappa shape index (κ1) is 8.40. The fourth-order valence-electron chi connectivity index (χ4n) is 0.208. The summed E-state index contributed by atoms with van der Waals surface area (Å²) in [6.07, 6.45) is 0.878. The number of alkyl halides is 1. The molecule has 0 radical (unpaired) electrons. The van der Waals surface area contributed by atoms with Crippen molar-refractivity contribution in [1.82, 2.24) is 0 Å². The van der Waals surface area contributed by atoms with Crippen molar-refractivity contribution in [3.63, 3.8) is 0 Å². The van der Waals surface area contributed by atoms with Crippen LogP contribution in [0.1, 0.15) is 13.3 Å². The van der Waals surface area contributed by atoms with Crippen molar-refractivity contribution in [2.75, 3.05) is 11.8 Å². The molecule has 0 aliphatic carbocycles. The topological polar surface area (TPSA) is 26.3 Å². The fourth-order valence-corrected chi connectivity index (χ4v) is 0.812. The molecule has 0 saturated carbocycles. The van der Waals surface area contributed by atoms with E-state index in [2.05, 4.69) is 4.18 Å². The normalized spacial score (nSPS) is 13.8. The molecule has 0 aliphatic rings. The molecule has 0 rings (SSSR count). The van der Waals surface area contributed by atoms with Gasteiger partial charge in [-0.05, 0) is 6.42 Å². The van der Waals surface area contributed by atoms with Crippen LogP contribution >= 0.6 is 11.6 Å². The Morgan fingerprint density at radius 2 is 2.38 bits per heavy atom. The highest BCUT2D eigenvalue weighted by Gasteiger charge is 1.92. The molecule has 50 valence electrons. The van der Waals surface area contributed by atoms with E-state index >= 15 is 0 Å². The molecule has 1 unspecified atom stereocenters. The van der Waals surface area contributed by atoms with E-state index < -0.39 is 11.1 Å². The fraction of sp³-hybridized carbons (Fsp3) is 1.00. The molecule has 0 aromatic heterocycles. The van der Waals surface area contributed by atoms with Crippen LogP contribution in [-0.2, 0) is 15.3 Å². The molecule has 0 spiro atoms. The first-order chi connectivity index (χ1) is 3.81. The molecular formula is C4H9ClO2S. The van der Waals surface area contributed by atoms with E-state index in [-0.39, 0.29) is 5.21 Å². The summed E-state index contributed by atoms with van der Waals surface area (Å²) in [5, 5.41) is 0.0694. The van der Waals surface area contributed by atoms with Crippen LogP contribution in [0, 0.1) is 0 Å². The summed E-state index contributed by atoms with van der Waals surface area (Å²) in [7, 11) is 0. The molecular weight excluding hydrogens is 148 g/mol. The molecule has 0 aromatic rings. The summed E-state index contributed by atoms with van der Waals surface area (Å²) >= 11 is 3.90. The monoisotopic (exact) mass is 156 g/mol. The van der Waals surface area contributed by atoms with Crippen molar-refractivity contribution < 1.29 is 8.39 Å². The van der Waals surface area contributed by atoms with E-state index in [9.17, 15) is 4.21 Å². The molecule has 0 N–H and O–H groups in total. The van der Waals surface area contributed by atoms with Gasteiger partial charge in [-0.3, -0.25) is 4.18 Å². The molecule has 0 aliphatic heterocycles. The largest absolute Gasteiger partial charge is 0.290 e. The van der Waals surface area contributed by atoms with Crippen LogP contribution in [0.25, 0.3) is 0 Å². The Kier molecular flexibility index (Phi) is 5.81. The summed E-state index contributed by atoms with van der Waals surface area (Å²) in [4.78, 5) is 0. The quantitative estimate of drug-likeness (QED) is 0.574. The van der Waals surface area contributed by atoms with Gasteiger partial charge in [-0.1, -0.05) is 6.92 Å². The summed E-state index contributed by atoms with van der Waals surface area (Å²) in [6, 6.07) is 0. The van der Waals surface area contributed by atoms with Crippen LogP contribution in [0.15, 0.2) is 0 Å². The van der Waals surface area contributed by atoms with E-state index in [0.29, 0.717) is 6.61 Å². The first-order valence-electron chi connectivity index (χ1n) is 2.39. The lowest BCUT2D eigenvalue weighted by molar-refractivity contribution is 0.349. The molecule has 0 saturated heterocycles. The first-order valence-corrected chi connectivity index (χ1v) is 4.16. The van der Waals surface area contributed by atoms with Gasteiger partial charge in [0.2, 0.25) is 0 Å². The molecule has 0 aromatic carbocycles. The minimum Gasteiger partial charge on any atom is -0.290 e. The van der Waals surface area contributed by atoms with Crippen molar-refractivity contribution in [3.05, 3.63) is 0 Å². The average molecular weight is 157 g/mol. The molecule has 0 bridgehead atoms. The van der Waals surface area contributed by atoms with Crippen molar-refractivity contribution in [1.29, 1.82) is 0 Å². The third-order valence-electron chi connectivity index (χ3n) is 0.508. The Morgan fingerprint density at radius 1 is 1.75 bits per heavy atom. The highest BCUT2D eigenvalue weighted by molar-refractivity contribution is 7.81. The van der Waals surface area contributed by atoms with Gasteiger partial charge >= 0.3 is 0 Å². The maximum atomic E-state index is 10.3.